The minimum atomic E-state index is -0.955. The van der Waals surface area contributed by atoms with Gasteiger partial charge in [0.05, 0.1) is 13.2 Å². The summed E-state index contributed by atoms with van der Waals surface area (Å²) in [7, 11) is 0. The summed E-state index contributed by atoms with van der Waals surface area (Å²) >= 11 is 0. The normalized spacial score (nSPS) is 16.6. The van der Waals surface area contributed by atoms with E-state index in [9.17, 15) is 4.79 Å². The highest BCUT2D eigenvalue weighted by molar-refractivity contribution is 5.64. The molecule has 0 aromatic carbocycles. The summed E-state index contributed by atoms with van der Waals surface area (Å²) < 4.78 is 5.15. The minimum Gasteiger partial charge on any atom is -0.465 e. The van der Waals surface area contributed by atoms with Gasteiger partial charge in [0.25, 0.3) is 0 Å². The smallest absolute Gasteiger partial charge is 0.404 e. The lowest BCUT2D eigenvalue weighted by molar-refractivity contribution is 0.0385. The van der Waals surface area contributed by atoms with E-state index in [2.05, 4.69) is 23.4 Å². The van der Waals surface area contributed by atoms with E-state index in [4.69, 9.17) is 9.84 Å². The molecule has 0 spiro atoms. The first-order chi connectivity index (χ1) is 6.79. The van der Waals surface area contributed by atoms with Crippen LogP contribution in [0.15, 0.2) is 13.2 Å². The van der Waals surface area contributed by atoms with Crippen LogP contribution in [0.3, 0.4) is 0 Å². The summed E-state index contributed by atoms with van der Waals surface area (Å²) in [5, 5.41) is 10.6. The first-order valence-electron chi connectivity index (χ1n) is 4.56. The maximum absolute atomic E-state index is 10.1. The third kappa shape index (κ3) is 6.45. The van der Waals surface area contributed by atoms with Gasteiger partial charge in [-0.2, -0.15) is 0 Å². The van der Waals surface area contributed by atoms with E-state index in [0.717, 1.165) is 32.8 Å². The molecule has 0 bridgehead atoms. The van der Waals surface area contributed by atoms with Gasteiger partial charge < -0.3 is 15.2 Å². The van der Waals surface area contributed by atoms with Gasteiger partial charge in [-0.1, -0.05) is 0 Å². The monoisotopic (exact) mass is 204 g/mol. The summed E-state index contributed by atoms with van der Waals surface area (Å²) in [4.78, 5) is 12.3. The van der Waals surface area contributed by atoms with Gasteiger partial charge in [0.2, 0.25) is 0 Å². The summed E-state index contributed by atoms with van der Waals surface area (Å²) in [6, 6.07) is 0. The number of hydrogen-bond acceptors (Lipinski definition) is 3. The van der Waals surface area contributed by atoms with Crippen molar-refractivity contribution >= 4 is 6.09 Å². The van der Waals surface area contributed by atoms with Crippen LogP contribution in [0, 0.1) is 0 Å². The Morgan fingerprint density at radius 3 is 2.57 bits per heavy atom. The minimum absolute atomic E-state index is 0. The van der Waals surface area contributed by atoms with Crippen molar-refractivity contribution in [2.45, 2.75) is 0 Å². The van der Waals surface area contributed by atoms with Crippen molar-refractivity contribution in [2.24, 2.45) is 0 Å². The highest BCUT2D eigenvalue weighted by Crippen LogP contribution is 1.94. The Kier molecular flexibility index (Phi) is 7.87. The molecule has 2 N–H and O–H groups in total. The Labute approximate surface area is 85.8 Å². The largest absolute Gasteiger partial charge is 0.465 e. The second-order valence-electron chi connectivity index (χ2n) is 2.69. The fraction of sp³-hybridized carbons (Fsp3) is 0.667. The average Bonchev–Trinajstić information content (AvgIpc) is 2.22. The molecule has 14 heavy (non-hydrogen) atoms. The number of amides is 1. The van der Waals surface area contributed by atoms with Crippen LogP contribution < -0.4 is 5.32 Å². The summed E-state index contributed by atoms with van der Waals surface area (Å²) in [6.45, 7) is 10.6. The molecule has 5 heteroatoms. The van der Waals surface area contributed by atoms with Crippen molar-refractivity contribution in [1.29, 1.82) is 0 Å². The van der Waals surface area contributed by atoms with E-state index in [1.807, 2.05) is 0 Å². The molecule has 1 amide bonds. The van der Waals surface area contributed by atoms with Crippen molar-refractivity contribution < 1.29 is 16.1 Å². The van der Waals surface area contributed by atoms with Gasteiger partial charge >= 0.3 is 6.09 Å². The molecule has 0 unspecified atom stereocenters. The van der Waals surface area contributed by atoms with Crippen LogP contribution in [0.2, 0.25) is 0 Å². The Morgan fingerprint density at radius 1 is 1.50 bits per heavy atom. The van der Waals surface area contributed by atoms with Gasteiger partial charge in [0, 0.05) is 27.6 Å². The number of ether oxygens (including phenoxy) is 1. The molecule has 1 aliphatic rings. The molecule has 0 aliphatic carbocycles. The van der Waals surface area contributed by atoms with Crippen molar-refractivity contribution in [2.75, 3.05) is 39.4 Å². The van der Waals surface area contributed by atoms with Crippen molar-refractivity contribution in [1.82, 2.24) is 10.2 Å². The van der Waals surface area contributed by atoms with E-state index in [1.165, 1.54) is 0 Å². The summed E-state index contributed by atoms with van der Waals surface area (Å²) in [6.07, 6.45) is -0.955. The average molecular weight is 204 g/mol. The van der Waals surface area contributed by atoms with Gasteiger partial charge in [-0.15, -0.1) is 13.2 Å². The third-order valence-corrected chi connectivity index (χ3v) is 1.81. The lowest BCUT2D eigenvalue weighted by Crippen LogP contribution is -2.41. The van der Waals surface area contributed by atoms with Gasteiger partial charge in [-0.05, 0) is 0 Å². The number of morpholine rings is 1. The maximum Gasteiger partial charge on any atom is 0.404 e. The molecular formula is C9H20N2O3. The maximum atomic E-state index is 10.1. The second-order valence-corrected chi connectivity index (χ2v) is 2.69. The van der Waals surface area contributed by atoms with Gasteiger partial charge in [0.1, 0.15) is 0 Å². The molecule has 1 fully saturated rings. The van der Waals surface area contributed by atoms with E-state index < -0.39 is 6.09 Å². The first-order valence-corrected chi connectivity index (χ1v) is 4.56. The van der Waals surface area contributed by atoms with Gasteiger partial charge in [-0.3, -0.25) is 4.90 Å². The third-order valence-electron chi connectivity index (χ3n) is 1.81. The summed E-state index contributed by atoms with van der Waals surface area (Å²) in [5.41, 5.74) is 0. The van der Waals surface area contributed by atoms with Crippen LogP contribution >= 0.6 is 0 Å². The summed E-state index contributed by atoms with van der Waals surface area (Å²) in [5.74, 6) is 0. The fourth-order valence-corrected chi connectivity index (χ4v) is 1.15. The lowest BCUT2D eigenvalue weighted by Gasteiger charge is -2.26. The fourth-order valence-electron chi connectivity index (χ4n) is 1.15. The van der Waals surface area contributed by atoms with Crippen LogP contribution in [0.5, 0.6) is 0 Å². The molecule has 0 radical (unpaired) electrons. The molecule has 1 heterocycles. The first kappa shape index (κ1) is 12.9. The standard InChI is InChI=1S/C7H14N2O3.C2H4.H2/c10-7(11)8-1-2-9-3-5-12-6-4-9;1-2;/h8H,1-6H2,(H,10,11);1-2H2;1H. The van der Waals surface area contributed by atoms with E-state index in [1.54, 1.807) is 0 Å². The Balaban J connectivity index is 0. The molecule has 1 rings (SSSR count). The van der Waals surface area contributed by atoms with E-state index >= 15 is 0 Å². The van der Waals surface area contributed by atoms with Crippen LogP contribution in [-0.4, -0.2) is 55.5 Å². The predicted octanol–water partition coefficient (Wildman–Crippen LogP) is 0.634. The topological polar surface area (TPSA) is 61.8 Å². The van der Waals surface area contributed by atoms with Crippen LogP contribution in [0.4, 0.5) is 4.79 Å². The zero-order valence-corrected chi connectivity index (χ0v) is 8.37. The van der Waals surface area contributed by atoms with Crippen molar-refractivity contribution in [3.63, 3.8) is 0 Å². The number of carboxylic acid groups (broad SMARTS) is 1. The number of rotatable bonds is 3. The van der Waals surface area contributed by atoms with Crippen LogP contribution in [0.1, 0.15) is 1.43 Å². The number of hydrogen-bond donors (Lipinski definition) is 2. The Hall–Kier alpha value is -1.07. The lowest BCUT2D eigenvalue weighted by atomic mass is 10.4. The van der Waals surface area contributed by atoms with Crippen LogP contribution in [0.25, 0.3) is 0 Å². The van der Waals surface area contributed by atoms with E-state index in [-0.39, 0.29) is 1.43 Å². The molecule has 1 saturated heterocycles. The number of nitrogens with zero attached hydrogens (tertiary/aromatic N) is 1. The number of nitrogens with one attached hydrogen (secondary N) is 1. The van der Waals surface area contributed by atoms with Crippen molar-refractivity contribution in [3.05, 3.63) is 13.2 Å². The van der Waals surface area contributed by atoms with Gasteiger partial charge in [0.15, 0.2) is 0 Å². The number of carbonyl (C=O) groups is 1. The zero-order valence-electron chi connectivity index (χ0n) is 8.37. The zero-order chi connectivity index (χ0) is 10.8. The predicted molar refractivity (Wildman–Crippen MR) is 56.7 cm³/mol. The molecular weight excluding hydrogens is 184 g/mol. The van der Waals surface area contributed by atoms with Crippen molar-refractivity contribution in [3.8, 4) is 0 Å². The molecule has 5 nitrogen and oxygen atoms in total. The Morgan fingerprint density at radius 2 is 2.07 bits per heavy atom. The molecule has 0 saturated carbocycles. The SMILES string of the molecule is C=C.O=C(O)NCCN1CCOCC1.[HH]. The quantitative estimate of drug-likeness (QED) is 0.662. The molecule has 0 aromatic rings. The molecule has 0 aromatic heterocycles. The van der Waals surface area contributed by atoms with E-state index in [0.29, 0.717) is 6.54 Å². The molecule has 1 aliphatic heterocycles. The molecule has 0 atom stereocenters. The highest BCUT2D eigenvalue weighted by atomic mass is 16.5. The van der Waals surface area contributed by atoms with Gasteiger partial charge in [-0.25, -0.2) is 4.79 Å². The van der Waals surface area contributed by atoms with Crippen LogP contribution in [-0.2, 0) is 4.74 Å². The second kappa shape index (κ2) is 8.52. The highest BCUT2D eigenvalue weighted by Gasteiger charge is 2.09. The molecule has 84 valence electrons. The Bertz CT molecular complexity index is 163.